The molecule has 0 saturated heterocycles. The van der Waals surface area contributed by atoms with E-state index in [2.05, 4.69) is 26.8 Å². The number of carbonyl (C=O) groups excluding carboxylic acids is 1. The molecule has 1 N–H and O–H groups in total. The average molecular weight is 347 g/mol. The van der Waals surface area contributed by atoms with Crippen molar-refractivity contribution in [1.29, 1.82) is 0 Å². The Bertz CT molecular complexity index is 606. The Balaban J connectivity index is 1.67. The molecule has 0 aromatic carbocycles. The minimum absolute atomic E-state index is 0.0409. The largest absolute Gasteiger partial charge is 0.462 e. The van der Waals surface area contributed by atoms with Crippen LogP contribution >= 0.6 is 0 Å². The molecule has 4 aliphatic carbocycles. The summed E-state index contributed by atoms with van der Waals surface area (Å²) in [7, 11) is 0. The van der Waals surface area contributed by atoms with Gasteiger partial charge in [0.2, 0.25) is 0 Å². The van der Waals surface area contributed by atoms with Gasteiger partial charge in [0.05, 0.1) is 6.61 Å². The van der Waals surface area contributed by atoms with Crippen LogP contribution in [0.15, 0.2) is 11.6 Å². The fourth-order valence-electron chi connectivity index (χ4n) is 7.84. The summed E-state index contributed by atoms with van der Waals surface area (Å²) in [4.78, 5) is 11.6. The molecule has 6 unspecified atom stereocenters. The van der Waals surface area contributed by atoms with Crippen LogP contribution in [-0.4, -0.2) is 23.8 Å². The van der Waals surface area contributed by atoms with Gasteiger partial charge in [-0.2, -0.15) is 0 Å². The molecular formula is C22H34O3. The van der Waals surface area contributed by atoms with E-state index in [1.807, 2.05) is 0 Å². The van der Waals surface area contributed by atoms with Crippen LogP contribution in [0.5, 0.6) is 0 Å². The third kappa shape index (κ3) is 2.37. The van der Waals surface area contributed by atoms with Gasteiger partial charge >= 0.3 is 5.97 Å². The minimum Gasteiger partial charge on any atom is -0.462 e. The van der Waals surface area contributed by atoms with Crippen molar-refractivity contribution >= 4 is 5.97 Å². The highest BCUT2D eigenvalue weighted by molar-refractivity contribution is 5.66. The van der Waals surface area contributed by atoms with Gasteiger partial charge in [0.25, 0.3) is 0 Å². The lowest BCUT2D eigenvalue weighted by molar-refractivity contribution is -0.192. The van der Waals surface area contributed by atoms with Crippen molar-refractivity contribution in [3.63, 3.8) is 0 Å². The number of aliphatic hydroxyl groups excluding tert-OH is 1. The first-order chi connectivity index (χ1) is 11.7. The molecule has 3 fully saturated rings. The molecular weight excluding hydrogens is 312 g/mol. The average Bonchev–Trinajstić information content (AvgIpc) is 2.80. The van der Waals surface area contributed by atoms with Gasteiger partial charge in [0, 0.05) is 12.3 Å². The molecule has 2 bridgehead atoms. The van der Waals surface area contributed by atoms with Crippen LogP contribution in [0.2, 0.25) is 0 Å². The van der Waals surface area contributed by atoms with E-state index >= 15 is 0 Å². The third-order valence-electron chi connectivity index (χ3n) is 8.78. The van der Waals surface area contributed by atoms with Crippen LogP contribution in [-0.2, 0) is 9.53 Å². The maximum atomic E-state index is 11.6. The summed E-state index contributed by atoms with van der Waals surface area (Å²) < 4.78 is 5.75. The number of aliphatic hydroxyl groups is 1. The molecule has 0 aromatic rings. The van der Waals surface area contributed by atoms with Gasteiger partial charge in [-0.05, 0) is 79.1 Å². The topological polar surface area (TPSA) is 46.5 Å². The summed E-state index contributed by atoms with van der Waals surface area (Å²) in [5.41, 5.74) is 2.01. The molecule has 3 saturated carbocycles. The number of hydrogen-bond donors (Lipinski definition) is 1. The monoisotopic (exact) mass is 346 g/mol. The lowest BCUT2D eigenvalue weighted by atomic mass is 9.41. The Morgan fingerprint density at radius 3 is 2.60 bits per heavy atom. The first-order valence-electron chi connectivity index (χ1n) is 10.2. The molecule has 140 valence electrons. The van der Waals surface area contributed by atoms with Crippen molar-refractivity contribution in [2.75, 3.05) is 6.61 Å². The van der Waals surface area contributed by atoms with Crippen LogP contribution in [0.4, 0.5) is 0 Å². The highest BCUT2D eigenvalue weighted by atomic mass is 16.5. The predicted molar refractivity (Wildman–Crippen MR) is 97.8 cm³/mol. The fraction of sp³-hybridized carbons (Fsp3) is 0.864. The van der Waals surface area contributed by atoms with Crippen LogP contribution in [0, 0.1) is 34.0 Å². The quantitative estimate of drug-likeness (QED) is 0.592. The summed E-state index contributed by atoms with van der Waals surface area (Å²) in [6, 6.07) is 0. The molecule has 0 aromatic heterocycles. The zero-order valence-electron chi connectivity index (χ0n) is 16.3. The van der Waals surface area contributed by atoms with E-state index in [1.165, 1.54) is 44.1 Å². The van der Waals surface area contributed by atoms with E-state index in [-0.39, 0.29) is 24.1 Å². The summed E-state index contributed by atoms with van der Waals surface area (Å²) >= 11 is 0. The second-order valence-electron chi connectivity index (χ2n) is 10.2. The standard InChI is InChI=1S/C22H34O3/c1-14(24)25-19-8-9-21(4)17(20(19,2)3)7-10-22-11-15(5-6-18(21)22)16(12-22)13-23/h12,15,17-19,23H,5-11,13H2,1-4H3. The van der Waals surface area contributed by atoms with Gasteiger partial charge in [0.1, 0.15) is 6.10 Å². The van der Waals surface area contributed by atoms with Crippen molar-refractivity contribution in [3.8, 4) is 0 Å². The lowest BCUT2D eigenvalue weighted by Gasteiger charge is -2.64. The third-order valence-corrected chi connectivity index (χ3v) is 8.78. The summed E-state index contributed by atoms with van der Waals surface area (Å²) in [5.74, 6) is 1.82. The Kier molecular flexibility index (Phi) is 3.92. The molecule has 6 atom stereocenters. The lowest BCUT2D eigenvalue weighted by Crippen LogP contribution is -2.59. The van der Waals surface area contributed by atoms with Crippen molar-refractivity contribution < 1.29 is 14.6 Å². The van der Waals surface area contributed by atoms with Gasteiger partial charge in [-0.15, -0.1) is 0 Å². The second kappa shape index (κ2) is 5.58. The van der Waals surface area contributed by atoms with Crippen LogP contribution in [0.25, 0.3) is 0 Å². The number of allylic oxidation sites excluding steroid dienone is 1. The van der Waals surface area contributed by atoms with Gasteiger partial charge in [-0.25, -0.2) is 0 Å². The predicted octanol–water partition coefficient (Wildman–Crippen LogP) is 4.49. The summed E-state index contributed by atoms with van der Waals surface area (Å²) in [5, 5.41) is 9.78. The first-order valence-corrected chi connectivity index (χ1v) is 10.2. The first kappa shape index (κ1) is 17.6. The summed E-state index contributed by atoms with van der Waals surface area (Å²) in [6.45, 7) is 8.98. The molecule has 4 rings (SSSR count). The normalized spacial score (nSPS) is 47.5. The van der Waals surface area contributed by atoms with Crippen molar-refractivity contribution in [2.45, 2.75) is 78.7 Å². The molecule has 1 spiro atoms. The SMILES string of the molecule is CC(=O)OC1CCC2(C)C3CCC4CC3(C=C4CO)CCC2C1(C)C. The summed E-state index contributed by atoms with van der Waals surface area (Å²) in [6.07, 6.45) is 11.0. The van der Waals surface area contributed by atoms with Crippen LogP contribution < -0.4 is 0 Å². The molecule has 3 nitrogen and oxygen atoms in total. The van der Waals surface area contributed by atoms with Crippen LogP contribution in [0.3, 0.4) is 0 Å². The Labute approximate surface area is 152 Å². The van der Waals surface area contributed by atoms with E-state index in [0.717, 1.165) is 12.3 Å². The molecule has 3 heteroatoms. The number of ether oxygens (including phenoxy) is 1. The maximum absolute atomic E-state index is 11.6. The Hall–Kier alpha value is -0.830. The van der Waals surface area contributed by atoms with Gasteiger partial charge in [-0.3, -0.25) is 4.79 Å². The van der Waals surface area contributed by atoms with E-state index in [9.17, 15) is 9.90 Å². The van der Waals surface area contributed by atoms with Crippen molar-refractivity contribution in [3.05, 3.63) is 11.6 Å². The van der Waals surface area contributed by atoms with Gasteiger partial charge < -0.3 is 9.84 Å². The molecule has 0 amide bonds. The highest BCUT2D eigenvalue weighted by Gasteiger charge is 2.64. The number of carbonyl (C=O) groups is 1. The van der Waals surface area contributed by atoms with E-state index in [0.29, 0.717) is 22.7 Å². The van der Waals surface area contributed by atoms with Crippen molar-refractivity contribution in [2.24, 2.45) is 34.0 Å². The van der Waals surface area contributed by atoms with Crippen molar-refractivity contribution in [1.82, 2.24) is 0 Å². The smallest absolute Gasteiger partial charge is 0.302 e. The maximum Gasteiger partial charge on any atom is 0.302 e. The Morgan fingerprint density at radius 1 is 1.16 bits per heavy atom. The van der Waals surface area contributed by atoms with E-state index in [1.54, 1.807) is 6.92 Å². The zero-order chi connectivity index (χ0) is 18.0. The zero-order valence-corrected chi connectivity index (χ0v) is 16.3. The number of rotatable bonds is 2. The van der Waals surface area contributed by atoms with Gasteiger partial charge in [-0.1, -0.05) is 26.8 Å². The molecule has 4 aliphatic rings. The number of fused-ring (bicyclic) bond motifs is 3. The fourth-order valence-corrected chi connectivity index (χ4v) is 7.84. The highest BCUT2D eigenvalue weighted by Crippen LogP contribution is 2.70. The molecule has 0 aliphatic heterocycles. The van der Waals surface area contributed by atoms with E-state index < -0.39 is 0 Å². The second-order valence-corrected chi connectivity index (χ2v) is 10.2. The number of esters is 1. The van der Waals surface area contributed by atoms with Gasteiger partial charge in [0.15, 0.2) is 0 Å². The molecule has 0 radical (unpaired) electrons. The van der Waals surface area contributed by atoms with Crippen LogP contribution in [0.1, 0.15) is 72.6 Å². The molecule has 25 heavy (non-hydrogen) atoms. The Morgan fingerprint density at radius 2 is 1.92 bits per heavy atom. The molecule has 0 heterocycles. The number of hydrogen-bond acceptors (Lipinski definition) is 3. The van der Waals surface area contributed by atoms with E-state index in [4.69, 9.17) is 4.74 Å². The minimum atomic E-state index is -0.138.